The number of ether oxygens (including phenoxy) is 1. The molecule has 0 N–H and O–H groups in total. The van der Waals surface area contributed by atoms with Crippen LogP contribution in [0.2, 0.25) is 0 Å². The lowest BCUT2D eigenvalue weighted by Gasteiger charge is -2.04. The van der Waals surface area contributed by atoms with Crippen LogP contribution in [0, 0.1) is 0 Å². The smallest absolute Gasteiger partial charge is 0.127 e. The van der Waals surface area contributed by atoms with Crippen LogP contribution in [0.25, 0.3) is 0 Å². The molecule has 0 fully saturated rings. The second-order valence-corrected chi connectivity index (χ2v) is 2.42. The molecule has 0 heterocycles. The molecule has 0 radical (unpaired) electrons. The minimum absolute atomic E-state index is 0.696. The maximum absolute atomic E-state index is 5.48. The summed E-state index contributed by atoms with van der Waals surface area (Å²) in [7, 11) is 0. The van der Waals surface area contributed by atoms with E-state index in [9.17, 15) is 0 Å². The molecule has 0 saturated carbocycles. The van der Waals surface area contributed by atoms with E-state index in [1.165, 1.54) is 0 Å². The minimum atomic E-state index is 0.696. The average molecular weight is 262 g/mol. The molecular formula is C18H30O. The van der Waals surface area contributed by atoms with Crippen LogP contribution in [0.4, 0.5) is 0 Å². The van der Waals surface area contributed by atoms with Gasteiger partial charge in [0.05, 0.1) is 0 Å². The number of hydrogen-bond acceptors (Lipinski definition) is 1. The van der Waals surface area contributed by atoms with Crippen molar-refractivity contribution in [2.24, 2.45) is 0 Å². The Morgan fingerprint density at radius 1 is 0.895 bits per heavy atom. The summed E-state index contributed by atoms with van der Waals surface area (Å²) in [6.45, 7) is 19.2. The summed E-state index contributed by atoms with van der Waals surface area (Å²) < 4.78 is 5.48. The lowest BCUT2D eigenvalue weighted by molar-refractivity contribution is 0.445. The van der Waals surface area contributed by atoms with Gasteiger partial charge in [-0.2, -0.15) is 0 Å². The summed E-state index contributed by atoms with van der Waals surface area (Å²) >= 11 is 0. The SMILES string of the molecule is C=C/C=C(\C=C)Oc1ccccc1.CC.CC.CC. The quantitative estimate of drug-likeness (QED) is 0.450. The van der Waals surface area contributed by atoms with Gasteiger partial charge in [0.15, 0.2) is 0 Å². The van der Waals surface area contributed by atoms with E-state index < -0.39 is 0 Å². The van der Waals surface area contributed by atoms with Crippen molar-refractivity contribution >= 4 is 0 Å². The van der Waals surface area contributed by atoms with Crippen molar-refractivity contribution in [3.8, 4) is 5.75 Å². The fraction of sp³-hybridized carbons (Fsp3) is 0.333. The molecule has 108 valence electrons. The zero-order valence-corrected chi connectivity index (χ0v) is 13.4. The third-order valence-corrected chi connectivity index (χ3v) is 1.46. The Bertz CT molecular complexity index is 310. The topological polar surface area (TPSA) is 9.23 Å². The van der Waals surface area contributed by atoms with Crippen LogP contribution in [0.15, 0.2) is 67.5 Å². The molecule has 0 unspecified atom stereocenters. The van der Waals surface area contributed by atoms with Gasteiger partial charge in [-0.1, -0.05) is 79.0 Å². The predicted molar refractivity (Wildman–Crippen MR) is 89.6 cm³/mol. The highest BCUT2D eigenvalue weighted by molar-refractivity contribution is 5.27. The molecule has 19 heavy (non-hydrogen) atoms. The number of benzene rings is 1. The largest absolute Gasteiger partial charge is 0.457 e. The molecule has 0 aliphatic heterocycles. The Hall–Kier alpha value is -1.76. The Labute approximate surface area is 120 Å². The minimum Gasteiger partial charge on any atom is -0.457 e. The Balaban J connectivity index is -0.000000375. The molecule has 1 heteroatoms. The van der Waals surface area contributed by atoms with E-state index in [0.717, 1.165) is 5.75 Å². The van der Waals surface area contributed by atoms with Crippen molar-refractivity contribution in [1.82, 2.24) is 0 Å². The molecule has 0 amide bonds. The highest BCUT2D eigenvalue weighted by Crippen LogP contribution is 2.12. The van der Waals surface area contributed by atoms with E-state index >= 15 is 0 Å². The zero-order valence-electron chi connectivity index (χ0n) is 13.4. The lowest BCUT2D eigenvalue weighted by Crippen LogP contribution is -1.90. The van der Waals surface area contributed by atoms with Crippen molar-refractivity contribution in [3.63, 3.8) is 0 Å². The number of allylic oxidation sites excluding steroid dienone is 3. The van der Waals surface area contributed by atoms with Crippen molar-refractivity contribution in [3.05, 3.63) is 67.5 Å². The van der Waals surface area contributed by atoms with Crippen LogP contribution in [-0.2, 0) is 0 Å². The molecule has 0 bridgehead atoms. The van der Waals surface area contributed by atoms with Crippen molar-refractivity contribution < 1.29 is 4.74 Å². The van der Waals surface area contributed by atoms with Gasteiger partial charge in [-0.3, -0.25) is 0 Å². The van der Waals surface area contributed by atoms with Gasteiger partial charge >= 0.3 is 0 Å². The van der Waals surface area contributed by atoms with Crippen molar-refractivity contribution in [1.29, 1.82) is 0 Å². The zero-order chi connectivity index (χ0) is 15.5. The van der Waals surface area contributed by atoms with Gasteiger partial charge in [-0.15, -0.1) is 0 Å². The van der Waals surface area contributed by atoms with E-state index in [4.69, 9.17) is 4.74 Å². The summed E-state index contributed by atoms with van der Waals surface area (Å²) in [6.07, 6.45) is 5.08. The molecular weight excluding hydrogens is 232 g/mol. The Morgan fingerprint density at radius 2 is 1.37 bits per heavy atom. The van der Waals surface area contributed by atoms with Crippen LogP contribution in [0.5, 0.6) is 5.75 Å². The van der Waals surface area contributed by atoms with Crippen molar-refractivity contribution in [2.75, 3.05) is 0 Å². The summed E-state index contributed by atoms with van der Waals surface area (Å²) in [5.41, 5.74) is 0. The third-order valence-electron chi connectivity index (χ3n) is 1.46. The van der Waals surface area contributed by atoms with E-state index in [-0.39, 0.29) is 0 Å². The molecule has 1 rings (SSSR count). The highest BCUT2D eigenvalue weighted by atomic mass is 16.5. The van der Waals surface area contributed by atoms with Gasteiger partial charge in [-0.05, 0) is 24.3 Å². The summed E-state index contributed by atoms with van der Waals surface area (Å²) in [5.74, 6) is 1.50. The van der Waals surface area contributed by atoms with Crippen LogP contribution in [-0.4, -0.2) is 0 Å². The summed E-state index contributed by atoms with van der Waals surface area (Å²) in [4.78, 5) is 0. The second kappa shape index (κ2) is 21.5. The first-order chi connectivity index (χ1) is 9.36. The van der Waals surface area contributed by atoms with Gasteiger partial charge in [0.2, 0.25) is 0 Å². The maximum atomic E-state index is 5.48. The highest BCUT2D eigenvalue weighted by Gasteiger charge is 1.92. The van der Waals surface area contributed by atoms with Crippen LogP contribution in [0.1, 0.15) is 41.5 Å². The van der Waals surface area contributed by atoms with E-state index in [1.54, 1.807) is 18.2 Å². The van der Waals surface area contributed by atoms with E-state index in [1.807, 2.05) is 71.9 Å². The van der Waals surface area contributed by atoms with Crippen LogP contribution < -0.4 is 4.74 Å². The first-order valence-corrected chi connectivity index (χ1v) is 7.05. The molecule has 0 saturated heterocycles. The van der Waals surface area contributed by atoms with Gasteiger partial charge < -0.3 is 4.74 Å². The number of rotatable bonds is 4. The number of hydrogen-bond donors (Lipinski definition) is 0. The molecule has 0 aromatic heterocycles. The molecule has 1 aromatic carbocycles. The summed E-state index contributed by atoms with van der Waals surface area (Å²) in [6, 6.07) is 9.56. The summed E-state index contributed by atoms with van der Waals surface area (Å²) in [5, 5.41) is 0. The fourth-order valence-electron chi connectivity index (χ4n) is 0.885. The monoisotopic (exact) mass is 262 g/mol. The predicted octanol–water partition coefficient (Wildman–Crippen LogP) is 6.40. The Morgan fingerprint density at radius 3 is 1.74 bits per heavy atom. The van der Waals surface area contributed by atoms with Gasteiger partial charge in [0.25, 0.3) is 0 Å². The normalized spacial score (nSPS) is 8.21. The fourth-order valence-corrected chi connectivity index (χ4v) is 0.885. The van der Waals surface area contributed by atoms with Crippen molar-refractivity contribution in [2.45, 2.75) is 41.5 Å². The molecule has 1 nitrogen and oxygen atoms in total. The molecule has 0 aliphatic rings. The van der Waals surface area contributed by atoms with Gasteiger partial charge in [0, 0.05) is 0 Å². The standard InChI is InChI=1S/C12H12O.3C2H6/c1-3-8-11(4-2)13-12-9-6-5-7-10-12;3*1-2/h3-10H,1-2H2;3*1-2H3/b11-8+;;;. The third kappa shape index (κ3) is 14.2. The van der Waals surface area contributed by atoms with E-state index in [0.29, 0.717) is 5.76 Å². The van der Waals surface area contributed by atoms with Gasteiger partial charge in [-0.25, -0.2) is 0 Å². The van der Waals surface area contributed by atoms with Crippen LogP contribution in [0.3, 0.4) is 0 Å². The maximum Gasteiger partial charge on any atom is 0.127 e. The van der Waals surface area contributed by atoms with E-state index in [2.05, 4.69) is 13.2 Å². The number of para-hydroxylation sites is 1. The molecule has 0 aliphatic carbocycles. The lowest BCUT2D eigenvalue weighted by atomic mass is 10.3. The first kappa shape index (κ1) is 22.4. The second-order valence-electron chi connectivity index (χ2n) is 2.42. The molecule has 0 atom stereocenters. The Kier molecular flexibility index (Phi) is 25.4. The molecule has 0 spiro atoms. The molecule has 1 aromatic rings. The van der Waals surface area contributed by atoms with Crippen LogP contribution >= 0.6 is 0 Å². The van der Waals surface area contributed by atoms with Gasteiger partial charge in [0.1, 0.15) is 11.5 Å². The first-order valence-electron chi connectivity index (χ1n) is 7.05. The average Bonchev–Trinajstić information content (AvgIpc) is 2.54.